The van der Waals surface area contributed by atoms with Crippen LogP contribution in [0.25, 0.3) is 0 Å². The van der Waals surface area contributed by atoms with Crippen LogP contribution in [0.15, 0.2) is 42.7 Å². The summed E-state index contributed by atoms with van der Waals surface area (Å²) in [6.07, 6.45) is 1.30. The molecule has 1 aromatic heterocycles. The van der Waals surface area contributed by atoms with E-state index in [1.165, 1.54) is 18.5 Å². The van der Waals surface area contributed by atoms with Crippen LogP contribution < -0.4 is 10.5 Å². The number of hydrogen-bond acceptors (Lipinski definition) is 6. The van der Waals surface area contributed by atoms with Gasteiger partial charge in [-0.25, -0.2) is 9.97 Å². The summed E-state index contributed by atoms with van der Waals surface area (Å²) in [5.41, 5.74) is 7.88. The standard InChI is InChI=1S/C17H12ClN3O3/c18-8-1-4-12(23)11(5-8)14-10-3-2-9(22)6-13(10)24-17-15(14)16(19)20-7-21-17/h1-7,14,22-23H,(H2,19,20,21). The van der Waals surface area contributed by atoms with Crippen molar-refractivity contribution in [1.82, 2.24) is 9.97 Å². The third kappa shape index (κ3) is 2.19. The van der Waals surface area contributed by atoms with Crippen molar-refractivity contribution in [3.05, 3.63) is 64.4 Å². The van der Waals surface area contributed by atoms with Crippen LogP contribution in [0.1, 0.15) is 22.6 Å². The molecule has 0 saturated carbocycles. The van der Waals surface area contributed by atoms with E-state index in [1.807, 2.05) is 0 Å². The minimum Gasteiger partial charge on any atom is -0.508 e. The van der Waals surface area contributed by atoms with E-state index in [0.717, 1.165) is 5.56 Å². The molecule has 1 atom stereocenters. The summed E-state index contributed by atoms with van der Waals surface area (Å²) in [5, 5.41) is 20.6. The fraction of sp³-hybridized carbons (Fsp3) is 0.0588. The van der Waals surface area contributed by atoms with Crippen molar-refractivity contribution in [2.24, 2.45) is 0 Å². The highest BCUT2D eigenvalue weighted by Crippen LogP contribution is 2.50. The zero-order valence-electron chi connectivity index (χ0n) is 12.3. The van der Waals surface area contributed by atoms with E-state index in [-0.39, 0.29) is 23.2 Å². The first-order valence-corrected chi connectivity index (χ1v) is 7.52. The molecule has 4 N–H and O–H groups in total. The van der Waals surface area contributed by atoms with Crippen LogP contribution in [0, 0.1) is 0 Å². The van der Waals surface area contributed by atoms with Crippen LogP contribution in [0.5, 0.6) is 23.1 Å². The average molecular weight is 342 g/mol. The molecule has 6 nitrogen and oxygen atoms in total. The fourth-order valence-corrected chi connectivity index (χ4v) is 3.11. The van der Waals surface area contributed by atoms with Gasteiger partial charge in [0.2, 0.25) is 5.88 Å². The van der Waals surface area contributed by atoms with Gasteiger partial charge in [0, 0.05) is 22.2 Å². The summed E-state index contributed by atoms with van der Waals surface area (Å²) in [6.45, 7) is 0. The van der Waals surface area contributed by atoms with Gasteiger partial charge in [0.15, 0.2) is 0 Å². The zero-order chi connectivity index (χ0) is 16.8. The van der Waals surface area contributed by atoms with Gasteiger partial charge < -0.3 is 20.7 Å². The molecule has 0 amide bonds. The third-order valence-electron chi connectivity index (χ3n) is 3.98. The van der Waals surface area contributed by atoms with Crippen molar-refractivity contribution in [1.29, 1.82) is 0 Å². The third-order valence-corrected chi connectivity index (χ3v) is 4.22. The number of hydrogen-bond donors (Lipinski definition) is 3. The molecular weight excluding hydrogens is 330 g/mol. The summed E-state index contributed by atoms with van der Waals surface area (Å²) < 4.78 is 5.76. The number of halogens is 1. The predicted octanol–water partition coefficient (Wildman–Crippen LogP) is 3.41. The number of anilines is 1. The van der Waals surface area contributed by atoms with Crippen molar-refractivity contribution in [3.63, 3.8) is 0 Å². The number of ether oxygens (including phenoxy) is 1. The molecule has 1 unspecified atom stereocenters. The SMILES string of the molecule is Nc1ncnc2c1C(c1cc(Cl)ccc1O)c1ccc(O)cc1O2. The number of nitrogens with zero attached hydrogens (tertiary/aromatic N) is 2. The summed E-state index contributed by atoms with van der Waals surface area (Å²) in [4.78, 5) is 8.16. The first-order valence-electron chi connectivity index (χ1n) is 7.14. The van der Waals surface area contributed by atoms with Crippen LogP contribution in [-0.4, -0.2) is 20.2 Å². The highest BCUT2D eigenvalue weighted by atomic mass is 35.5. The molecule has 2 heterocycles. The monoisotopic (exact) mass is 341 g/mol. The number of aromatic nitrogens is 2. The van der Waals surface area contributed by atoms with Gasteiger partial charge in [-0.1, -0.05) is 17.7 Å². The van der Waals surface area contributed by atoms with Crippen LogP contribution in [0.4, 0.5) is 5.82 Å². The molecule has 0 radical (unpaired) electrons. The molecule has 1 aliphatic heterocycles. The minimum absolute atomic E-state index is 0.0632. The average Bonchev–Trinajstić information content (AvgIpc) is 2.55. The molecule has 7 heteroatoms. The van der Waals surface area contributed by atoms with Crippen LogP contribution >= 0.6 is 11.6 Å². The highest BCUT2D eigenvalue weighted by molar-refractivity contribution is 6.30. The maximum Gasteiger partial charge on any atom is 0.228 e. The van der Waals surface area contributed by atoms with E-state index in [2.05, 4.69) is 9.97 Å². The Labute approximate surface area is 142 Å². The Hall–Kier alpha value is -2.99. The highest BCUT2D eigenvalue weighted by Gasteiger charge is 2.34. The van der Waals surface area contributed by atoms with Gasteiger partial charge in [0.25, 0.3) is 0 Å². The van der Waals surface area contributed by atoms with Crippen LogP contribution in [0.3, 0.4) is 0 Å². The molecule has 0 aliphatic carbocycles. The van der Waals surface area contributed by atoms with Crippen molar-refractivity contribution in [3.8, 4) is 23.1 Å². The number of fused-ring (bicyclic) bond motifs is 2. The topological polar surface area (TPSA) is 101 Å². The Morgan fingerprint density at radius 1 is 1.04 bits per heavy atom. The lowest BCUT2D eigenvalue weighted by atomic mass is 9.83. The molecular formula is C17H12ClN3O3. The van der Waals surface area contributed by atoms with Gasteiger partial charge in [-0.15, -0.1) is 0 Å². The molecule has 2 aromatic carbocycles. The van der Waals surface area contributed by atoms with Gasteiger partial charge in [0.1, 0.15) is 29.4 Å². The molecule has 1 aliphatic rings. The summed E-state index contributed by atoms with van der Waals surface area (Å²) in [7, 11) is 0. The first-order chi connectivity index (χ1) is 11.5. The normalized spacial score (nSPS) is 15.3. The minimum atomic E-state index is -0.468. The predicted molar refractivity (Wildman–Crippen MR) is 88.7 cm³/mol. The maximum absolute atomic E-state index is 10.4. The summed E-state index contributed by atoms with van der Waals surface area (Å²) >= 11 is 6.11. The number of phenolic OH excluding ortho intramolecular Hbond substituents is 2. The second kappa shape index (κ2) is 5.28. The second-order valence-corrected chi connectivity index (χ2v) is 5.87. The lowest BCUT2D eigenvalue weighted by Crippen LogP contribution is -2.16. The van der Waals surface area contributed by atoms with Gasteiger partial charge in [-0.05, 0) is 24.3 Å². The molecule has 0 saturated heterocycles. The fourth-order valence-electron chi connectivity index (χ4n) is 2.93. The summed E-state index contributed by atoms with van der Waals surface area (Å²) in [5.74, 6) is 0.634. The number of nitrogens with two attached hydrogens (primary N) is 1. The second-order valence-electron chi connectivity index (χ2n) is 5.44. The van der Waals surface area contributed by atoms with Gasteiger partial charge >= 0.3 is 0 Å². The molecule has 0 fully saturated rings. The first kappa shape index (κ1) is 14.6. The Bertz CT molecular complexity index is 962. The number of nitrogen functional groups attached to an aromatic ring is 1. The lowest BCUT2D eigenvalue weighted by molar-refractivity contribution is 0.419. The smallest absolute Gasteiger partial charge is 0.228 e. The van der Waals surface area contributed by atoms with Crippen molar-refractivity contribution in [2.75, 3.05) is 5.73 Å². The number of rotatable bonds is 1. The van der Waals surface area contributed by atoms with Crippen molar-refractivity contribution >= 4 is 17.4 Å². The quantitative estimate of drug-likeness (QED) is 0.490. The Balaban J connectivity index is 2.04. The van der Waals surface area contributed by atoms with Gasteiger partial charge in [0.05, 0.1) is 11.5 Å². The van der Waals surface area contributed by atoms with Crippen molar-refractivity contribution in [2.45, 2.75) is 5.92 Å². The van der Waals surface area contributed by atoms with E-state index in [0.29, 0.717) is 21.9 Å². The zero-order valence-corrected chi connectivity index (χ0v) is 13.0. The van der Waals surface area contributed by atoms with Gasteiger partial charge in [-0.3, -0.25) is 0 Å². The van der Waals surface area contributed by atoms with E-state index in [4.69, 9.17) is 22.1 Å². The van der Waals surface area contributed by atoms with E-state index in [9.17, 15) is 10.2 Å². The van der Waals surface area contributed by atoms with E-state index >= 15 is 0 Å². The number of benzene rings is 2. The largest absolute Gasteiger partial charge is 0.508 e. The van der Waals surface area contributed by atoms with Crippen molar-refractivity contribution < 1.29 is 14.9 Å². The van der Waals surface area contributed by atoms with E-state index < -0.39 is 5.92 Å². The van der Waals surface area contributed by atoms with Gasteiger partial charge in [-0.2, -0.15) is 0 Å². The van der Waals surface area contributed by atoms with Crippen LogP contribution in [0.2, 0.25) is 5.02 Å². The maximum atomic E-state index is 10.4. The molecule has 24 heavy (non-hydrogen) atoms. The molecule has 120 valence electrons. The molecule has 0 bridgehead atoms. The summed E-state index contributed by atoms with van der Waals surface area (Å²) in [6, 6.07) is 9.54. The number of aromatic hydroxyl groups is 2. The molecule has 0 spiro atoms. The lowest BCUT2D eigenvalue weighted by Gasteiger charge is -2.28. The number of phenols is 2. The molecule has 3 aromatic rings. The van der Waals surface area contributed by atoms with E-state index in [1.54, 1.807) is 24.3 Å². The Morgan fingerprint density at radius 3 is 2.71 bits per heavy atom. The molecule has 4 rings (SSSR count). The Morgan fingerprint density at radius 2 is 1.88 bits per heavy atom. The van der Waals surface area contributed by atoms with Crippen LogP contribution in [-0.2, 0) is 0 Å². The Kier molecular flexibility index (Phi) is 3.21.